The van der Waals surface area contributed by atoms with E-state index in [0.29, 0.717) is 0 Å². The first kappa shape index (κ1) is 36.1. The Kier molecular flexibility index (Phi) is 9.26. The quantitative estimate of drug-likeness (QED) is 0.139. The molecule has 11 aromatic carbocycles. The number of hydrogen-bond acceptors (Lipinski definition) is 1. The third-order valence-corrected chi connectivity index (χ3v) is 12.1. The smallest absolute Gasteiger partial charge is 0.0546 e. The summed E-state index contributed by atoms with van der Waals surface area (Å²) in [5, 5.41) is 7.40. The van der Waals surface area contributed by atoms with E-state index < -0.39 is 0 Å². The molecule has 61 heavy (non-hydrogen) atoms. The zero-order chi connectivity index (χ0) is 40.5. The van der Waals surface area contributed by atoms with Gasteiger partial charge < -0.3 is 4.90 Å². The minimum Gasteiger partial charge on any atom is -0.309 e. The van der Waals surface area contributed by atoms with E-state index in [0.717, 1.165) is 17.1 Å². The fraction of sp³-hybridized carbons (Fsp3) is 0. The van der Waals surface area contributed by atoms with Crippen LogP contribution in [0.2, 0.25) is 0 Å². The molecule has 0 heterocycles. The SMILES string of the molecule is c1ccc(-c2ccccc2-c2c(-c3ccccc3)cccc2N(c2ccc(-c3ccc(-c4cccc5ccccc45)cc3)cc2)c2cc3ccccc3c3ccccc23)cc1. The Labute approximate surface area is 357 Å². The van der Waals surface area contributed by atoms with Crippen molar-refractivity contribution in [2.45, 2.75) is 0 Å². The highest BCUT2D eigenvalue weighted by molar-refractivity contribution is 6.15. The summed E-state index contributed by atoms with van der Waals surface area (Å²) in [6, 6.07) is 90.5. The van der Waals surface area contributed by atoms with Crippen molar-refractivity contribution in [2.24, 2.45) is 0 Å². The van der Waals surface area contributed by atoms with Crippen LogP contribution in [0.5, 0.6) is 0 Å². The Bertz CT molecular complexity index is 3330. The van der Waals surface area contributed by atoms with Gasteiger partial charge in [-0.1, -0.05) is 224 Å². The van der Waals surface area contributed by atoms with Gasteiger partial charge in [-0.15, -0.1) is 0 Å². The van der Waals surface area contributed by atoms with Crippen LogP contribution in [-0.4, -0.2) is 0 Å². The van der Waals surface area contributed by atoms with E-state index >= 15 is 0 Å². The van der Waals surface area contributed by atoms with E-state index in [-0.39, 0.29) is 0 Å². The molecular weight excluding hydrogens is 735 g/mol. The summed E-state index contributed by atoms with van der Waals surface area (Å²) in [4.78, 5) is 2.49. The molecule has 0 radical (unpaired) electrons. The molecule has 0 aliphatic rings. The van der Waals surface area contributed by atoms with E-state index in [9.17, 15) is 0 Å². The second-order valence-electron chi connectivity index (χ2n) is 15.6. The molecule has 0 fully saturated rings. The van der Waals surface area contributed by atoms with Crippen LogP contribution in [0, 0.1) is 0 Å². The summed E-state index contributed by atoms with van der Waals surface area (Å²) < 4.78 is 0. The number of hydrogen-bond donors (Lipinski definition) is 0. The highest BCUT2D eigenvalue weighted by Crippen LogP contribution is 2.50. The van der Waals surface area contributed by atoms with Gasteiger partial charge in [0.15, 0.2) is 0 Å². The zero-order valence-electron chi connectivity index (χ0n) is 33.6. The van der Waals surface area contributed by atoms with E-state index in [1.54, 1.807) is 0 Å². The van der Waals surface area contributed by atoms with Gasteiger partial charge in [-0.25, -0.2) is 0 Å². The maximum Gasteiger partial charge on any atom is 0.0546 e. The number of anilines is 3. The molecule has 0 N–H and O–H groups in total. The summed E-state index contributed by atoms with van der Waals surface area (Å²) in [6.07, 6.45) is 0. The monoisotopic (exact) mass is 775 g/mol. The van der Waals surface area contributed by atoms with Crippen LogP contribution in [0.4, 0.5) is 17.1 Å². The molecule has 0 aliphatic carbocycles. The average molecular weight is 776 g/mol. The topological polar surface area (TPSA) is 3.24 Å². The van der Waals surface area contributed by atoms with Crippen molar-refractivity contribution >= 4 is 49.4 Å². The Morgan fingerprint density at radius 2 is 0.689 bits per heavy atom. The lowest BCUT2D eigenvalue weighted by Gasteiger charge is -2.31. The number of fused-ring (bicyclic) bond motifs is 4. The maximum atomic E-state index is 2.49. The molecule has 0 saturated heterocycles. The Balaban J connectivity index is 1.12. The first-order valence-corrected chi connectivity index (χ1v) is 21.0. The fourth-order valence-corrected chi connectivity index (χ4v) is 9.19. The van der Waals surface area contributed by atoms with Gasteiger partial charge in [0.2, 0.25) is 0 Å². The summed E-state index contributed by atoms with van der Waals surface area (Å²) in [6.45, 7) is 0. The molecule has 0 unspecified atom stereocenters. The highest BCUT2D eigenvalue weighted by Gasteiger charge is 2.24. The Hall–Kier alpha value is -8.00. The fourth-order valence-electron chi connectivity index (χ4n) is 9.19. The third kappa shape index (κ3) is 6.63. The first-order chi connectivity index (χ1) is 30.3. The second-order valence-corrected chi connectivity index (χ2v) is 15.6. The molecule has 11 rings (SSSR count). The van der Waals surface area contributed by atoms with Crippen LogP contribution in [0.15, 0.2) is 249 Å². The van der Waals surface area contributed by atoms with Gasteiger partial charge >= 0.3 is 0 Å². The summed E-state index contributed by atoms with van der Waals surface area (Å²) >= 11 is 0. The maximum absolute atomic E-state index is 2.49. The molecule has 286 valence electrons. The lowest BCUT2D eigenvalue weighted by Crippen LogP contribution is -2.12. The molecule has 0 bridgehead atoms. The van der Waals surface area contributed by atoms with Crippen molar-refractivity contribution in [2.75, 3.05) is 4.90 Å². The van der Waals surface area contributed by atoms with Crippen molar-refractivity contribution in [3.8, 4) is 55.6 Å². The summed E-state index contributed by atoms with van der Waals surface area (Å²) in [7, 11) is 0. The van der Waals surface area contributed by atoms with Crippen LogP contribution >= 0.6 is 0 Å². The van der Waals surface area contributed by atoms with Crippen molar-refractivity contribution in [1.82, 2.24) is 0 Å². The van der Waals surface area contributed by atoms with Crippen LogP contribution in [0.1, 0.15) is 0 Å². The van der Waals surface area contributed by atoms with Gasteiger partial charge in [-0.3, -0.25) is 0 Å². The van der Waals surface area contributed by atoms with Gasteiger partial charge in [-0.05, 0) is 101 Å². The van der Waals surface area contributed by atoms with Crippen molar-refractivity contribution in [3.05, 3.63) is 249 Å². The minimum absolute atomic E-state index is 1.08. The molecule has 11 aromatic rings. The number of benzene rings is 11. The lowest BCUT2D eigenvalue weighted by atomic mass is 9.87. The van der Waals surface area contributed by atoms with Crippen LogP contribution in [0.25, 0.3) is 88.0 Å². The van der Waals surface area contributed by atoms with Crippen molar-refractivity contribution in [3.63, 3.8) is 0 Å². The zero-order valence-corrected chi connectivity index (χ0v) is 33.6. The largest absolute Gasteiger partial charge is 0.309 e. The van der Waals surface area contributed by atoms with E-state index in [1.807, 2.05) is 0 Å². The van der Waals surface area contributed by atoms with Gasteiger partial charge in [0.25, 0.3) is 0 Å². The number of nitrogens with zero attached hydrogens (tertiary/aromatic N) is 1. The molecule has 1 nitrogen and oxygen atoms in total. The van der Waals surface area contributed by atoms with Gasteiger partial charge in [-0.2, -0.15) is 0 Å². The van der Waals surface area contributed by atoms with Gasteiger partial charge in [0, 0.05) is 16.6 Å². The van der Waals surface area contributed by atoms with Crippen molar-refractivity contribution < 1.29 is 0 Å². The molecule has 0 aliphatic heterocycles. The van der Waals surface area contributed by atoms with Crippen LogP contribution in [0.3, 0.4) is 0 Å². The summed E-state index contributed by atoms with van der Waals surface area (Å²) in [5.74, 6) is 0. The van der Waals surface area contributed by atoms with E-state index in [1.165, 1.54) is 88.0 Å². The van der Waals surface area contributed by atoms with E-state index in [4.69, 9.17) is 0 Å². The average Bonchev–Trinajstić information content (AvgIpc) is 3.35. The lowest BCUT2D eigenvalue weighted by molar-refractivity contribution is 1.30. The highest BCUT2D eigenvalue weighted by atomic mass is 15.1. The predicted octanol–water partition coefficient (Wildman–Crippen LogP) is 17.0. The molecule has 0 amide bonds. The molecule has 0 atom stereocenters. The Morgan fingerprint density at radius 3 is 1.41 bits per heavy atom. The second kappa shape index (κ2) is 15.6. The molecule has 0 spiro atoms. The normalized spacial score (nSPS) is 11.3. The van der Waals surface area contributed by atoms with Crippen LogP contribution < -0.4 is 4.90 Å². The molecule has 0 saturated carbocycles. The standard InChI is InChI=1S/C60H41N/c1-3-17-44(18-4-1)52-25-11-14-29-57(52)60-54(46-19-5-2-6-20-46)31-16-32-58(60)61(59-41-48-22-8-10-26-53(48)55-27-12-13-28-56(55)59)49-39-37-43(38-40-49)42-33-35-47(36-34-42)51-30-15-23-45-21-7-9-24-50(45)51/h1-41H. The molecule has 0 aromatic heterocycles. The van der Waals surface area contributed by atoms with Gasteiger partial charge in [0.1, 0.15) is 0 Å². The predicted molar refractivity (Wildman–Crippen MR) is 261 cm³/mol. The summed E-state index contributed by atoms with van der Waals surface area (Å²) in [5.41, 5.74) is 15.2. The molecular formula is C60H41N. The first-order valence-electron chi connectivity index (χ1n) is 21.0. The van der Waals surface area contributed by atoms with Gasteiger partial charge in [0.05, 0.1) is 11.4 Å². The third-order valence-electron chi connectivity index (χ3n) is 12.1. The van der Waals surface area contributed by atoms with Crippen LogP contribution in [-0.2, 0) is 0 Å². The Morgan fingerprint density at radius 1 is 0.230 bits per heavy atom. The number of rotatable bonds is 8. The van der Waals surface area contributed by atoms with Crippen molar-refractivity contribution in [1.29, 1.82) is 0 Å². The van der Waals surface area contributed by atoms with E-state index in [2.05, 4.69) is 254 Å². The molecule has 1 heteroatoms. The minimum atomic E-state index is 1.08.